The van der Waals surface area contributed by atoms with Crippen molar-refractivity contribution in [2.24, 2.45) is 0 Å². The van der Waals surface area contributed by atoms with E-state index in [4.69, 9.17) is 4.74 Å². The average molecular weight is 258 g/mol. The summed E-state index contributed by atoms with van der Waals surface area (Å²) in [6.07, 6.45) is 0.471. The first-order chi connectivity index (χ1) is 6.67. The summed E-state index contributed by atoms with van der Waals surface area (Å²) in [6.45, 7) is 1.81. The van der Waals surface area contributed by atoms with Crippen molar-refractivity contribution in [3.8, 4) is 5.75 Å². The quantitative estimate of drug-likeness (QED) is 0.905. The first-order valence-electron chi connectivity index (χ1n) is 4.30. The van der Waals surface area contributed by atoms with Gasteiger partial charge in [-0.05, 0) is 34.1 Å². The summed E-state index contributed by atoms with van der Waals surface area (Å²) in [5, 5.41) is 2.77. The van der Waals surface area contributed by atoms with Crippen molar-refractivity contribution in [1.29, 1.82) is 0 Å². The van der Waals surface area contributed by atoms with Crippen LogP contribution in [0, 0.1) is 0 Å². The topological polar surface area (TPSA) is 38.3 Å². The third-order valence-corrected chi connectivity index (χ3v) is 2.43. The lowest BCUT2D eigenvalue weighted by Crippen LogP contribution is -2.09. The second-order valence-electron chi connectivity index (χ2n) is 2.75. The Morgan fingerprint density at radius 3 is 2.79 bits per heavy atom. The molecule has 0 saturated heterocycles. The molecular weight excluding hydrogens is 246 g/mol. The van der Waals surface area contributed by atoms with Gasteiger partial charge in [0.25, 0.3) is 0 Å². The van der Waals surface area contributed by atoms with Crippen LogP contribution in [0.5, 0.6) is 5.75 Å². The number of hydrogen-bond acceptors (Lipinski definition) is 2. The number of hydrogen-bond donors (Lipinski definition) is 1. The van der Waals surface area contributed by atoms with E-state index in [0.29, 0.717) is 6.42 Å². The highest BCUT2D eigenvalue weighted by Gasteiger charge is 2.04. The molecule has 0 bridgehead atoms. The molecule has 76 valence electrons. The zero-order valence-electron chi connectivity index (χ0n) is 8.13. The fraction of sp³-hybridized carbons (Fsp3) is 0.300. The number of carbonyl (C=O) groups is 1. The molecule has 0 saturated carbocycles. The molecule has 1 aromatic carbocycles. The van der Waals surface area contributed by atoms with Crippen LogP contribution in [0.1, 0.15) is 13.3 Å². The van der Waals surface area contributed by atoms with Crippen LogP contribution in [0.15, 0.2) is 22.7 Å². The molecule has 4 heteroatoms. The lowest BCUT2D eigenvalue weighted by molar-refractivity contribution is -0.115. The van der Waals surface area contributed by atoms with Crippen molar-refractivity contribution in [3.63, 3.8) is 0 Å². The smallest absolute Gasteiger partial charge is 0.224 e. The van der Waals surface area contributed by atoms with E-state index in [-0.39, 0.29) is 5.91 Å². The lowest BCUT2D eigenvalue weighted by Gasteiger charge is -2.07. The van der Waals surface area contributed by atoms with E-state index >= 15 is 0 Å². The van der Waals surface area contributed by atoms with Crippen LogP contribution in [0.25, 0.3) is 0 Å². The second kappa shape index (κ2) is 5.00. The maximum absolute atomic E-state index is 11.1. The van der Waals surface area contributed by atoms with Crippen molar-refractivity contribution in [3.05, 3.63) is 22.7 Å². The Labute approximate surface area is 91.6 Å². The number of rotatable bonds is 3. The normalized spacial score (nSPS) is 9.64. The number of ether oxygens (including phenoxy) is 1. The Hall–Kier alpha value is -1.03. The second-order valence-corrected chi connectivity index (χ2v) is 3.60. The van der Waals surface area contributed by atoms with E-state index in [0.717, 1.165) is 15.9 Å². The van der Waals surface area contributed by atoms with Crippen LogP contribution in [-0.2, 0) is 4.79 Å². The lowest BCUT2D eigenvalue weighted by atomic mass is 10.3. The third kappa shape index (κ3) is 2.73. The van der Waals surface area contributed by atoms with Gasteiger partial charge in [0.2, 0.25) is 5.91 Å². The number of amides is 1. The van der Waals surface area contributed by atoms with Crippen LogP contribution in [-0.4, -0.2) is 13.0 Å². The zero-order chi connectivity index (χ0) is 10.6. The molecule has 0 aromatic heterocycles. The highest BCUT2D eigenvalue weighted by molar-refractivity contribution is 9.10. The van der Waals surface area contributed by atoms with E-state index in [1.807, 2.05) is 13.0 Å². The molecule has 0 fully saturated rings. The van der Waals surface area contributed by atoms with E-state index in [1.165, 1.54) is 0 Å². The predicted molar refractivity (Wildman–Crippen MR) is 59.6 cm³/mol. The van der Waals surface area contributed by atoms with Gasteiger partial charge in [0.05, 0.1) is 12.8 Å². The Morgan fingerprint density at radius 1 is 1.57 bits per heavy atom. The van der Waals surface area contributed by atoms with Crippen molar-refractivity contribution < 1.29 is 9.53 Å². The number of anilines is 1. The molecule has 1 rings (SSSR count). The zero-order valence-corrected chi connectivity index (χ0v) is 9.72. The molecular formula is C10H12BrNO2. The molecule has 0 heterocycles. The SMILES string of the molecule is CCC(=O)Nc1ccc(OC)cc1Br. The Morgan fingerprint density at radius 2 is 2.29 bits per heavy atom. The van der Waals surface area contributed by atoms with Crippen LogP contribution in [0.2, 0.25) is 0 Å². The van der Waals surface area contributed by atoms with Crippen LogP contribution < -0.4 is 10.1 Å². The Kier molecular flexibility index (Phi) is 3.95. The highest BCUT2D eigenvalue weighted by Crippen LogP contribution is 2.26. The van der Waals surface area contributed by atoms with Gasteiger partial charge >= 0.3 is 0 Å². The van der Waals surface area contributed by atoms with Gasteiger partial charge in [0, 0.05) is 10.9 Å². The molecule has 0 unspecified atom stereocenters. The number of benzene rings is 1. The fourth-order valence-electron chi connectivity index (χ4n) is 0.963. The highest BCUT2D eigenvalue weighted by atomic mass is 79.9. The van der Waals surface area contributed by atoms with Crippen LogP contribution in [0.3, 0.4) is 0 Å². The Balaban J connectivity index is 2.83. The van der Waals surface area contributed by atoms with E-state index in [2.05, 4.69) is 21.2 Å². The predicted octanol–water partition coefficient (Wildman–Crippen LogP) is 2.81. The third-order valence-electron chi connectivity index (χ3n) is 1.77. The van der Waals surface area contributed by atoms with E-state index < -0.39 is 0 Å². The molecule has 1 N–H and O–H groups in total. The summed E-state index contributed by atoms with van der Waals surface area (Å²) < 4.78 is 5.86. The summed E-state index contributed by atoms with van der Waals surface area (Å²) in [6, 6.07) is 5.41. The molecule has 0 aliphatic carbocycles. The van der Waals surface area contributed by atoms with Crippen LogP contribution in [0.4, 0.5) is 5.69 Å². The molecule has 1 amide bonds. The van der Waals surface area contributed by atoms with Crippen molar-refractivity contribution >= 4 is 27.5 Å². The maximum Gasteiger partial charge on any atom is 0.224 e. The van der Waals surface area contributed by atoms with Gasteiger partial charge in [-0.15, -0.1) is 0 Å². The molecule has 0 aliphatic rings. The minimum Gasteiger partial charge on any atom is -0.497 e. The summed E-state index contributed by atoms with van der Waals surface area (Å²) in [7, 11) is 1.60. The minimum atomic E-state index is -0.00383. The van der Waals surface area contributed by atoms with Crippen LogP contribution >= 0.6 is 15.9 Å². The van der Waals surface area contributed by atoms with Gasteiger partial charge in [0.1, 0.15) is 5.75 Å². The summed E-state index contributed by atoms with van der Waals surface area (Å²) in [5.41, 5.74) is 0.762. The maximum atomic E-state index is 11.1. The summed E-state index contributed by atoms with van der Waals surface area (Å²) in [5.74, 6) is 0.752. The van der Waals surface area contributed by atoms with Crippen molar-refractivity contribution in [1.82, 2.24) is 0 Å². The molecule has 0 radical (unpaired) electrons. The molecule has 1 aromatic rings. The van der Waals surface area contributed by atoms with E-state index in [1.54, 1.807) is 19.2 Å². The Bertz CT molecular complexity index is 339. The molecule has 0 atom stereocenters. The van der Waals surface area contributed by atoms with Gasteiger partial charge in [-0.3, -0.25) is 4.79 Å². The minimum absolute atomic E-state index is 0.00383. The molecule has 0 aliphatic heterocycles. The van der Waals surface area contributed by atoms with Gasteiger partial charge in [-0.25, -0.2) is 0 Å². The summed E-state index contributed by atoms with van der Waals surface area (Å²) >= 11 is 3.35. The number of nitrogens with one attached hydrogen (secondary N) is 1. The van der Waals surface area contributed by atoms with Gasteiger partial charge < -0.3 is 10.1 Å². The molecule has 14 heavy (non-hydrogen) atoms. The first kappa shape index (κ1) is 11.0. The fourth-order valence-corrected chi connectivity index (χ4v) is 1.42. The number of methoxy groups -OCH3 is 1. The largest absolute Gasteiger partial charge is 0.497 e. The standard InChI is InChI=1S/C10H12BrNO2/c1-3-10(13)12-9-5-4-7(14-2)6-8(9)11/h4-6H,3H2,1-2H3,(H,12,13). The number of carbonyl (C=O) groups excluding carboxylic acids is 1. The van der Waals surface area contributed by atoms with E-state index in [9.17, 15) is 4.79 Å². The average Bonchev–Trinajstić information content (AvgIpc) is 2.20. The van der Waals surface area contributed by atoms with Gasteiger partial charge in [-0.2, -0.15) is 0 Å². The first-order valence-corrected chi connectivity index (χ1v) is 5.10. The van der Waals surface area contributed by atoms with Gasteiger partial charge in [0.15, 0.2) is 0 Å². The van der Waals surface area contributed by atoms with Gasteiger partial charge in [-0.1, -0.05) is 6.92 Å². The van der Waals surface area contributed by atoms with Crippen molar-refractivity contribution in [2.75, 3.05) is 12.4 Å². The monoisotopic (exact) mass is 257 g/mol. The summed E-state index contributed by atoms with van der Waals surface area (Å²) in [4.78, 5) is 11.1. The van der Waals surface area contributed by atoms with Crippen molar-refractivity contribution in [2.45, 2.75) is 13.3 Å². The molecule has 0 spiro atoms. The molecule has 3 nitrogen and oxygen atoms in total. The number of halogens is 1.